The predicted molar refractivity (Wildman–Crippen MR) is 13.4 cm³/mol. The number of hydrogen-bond donors (Lipinski definition) is 0. The molecule has 0 aliphatic carbocycles. The van der Waals surface area contributed by atoms with Crippen molar-refractivity contribution < 1.29 is 35.6 Å². The molecule has 0 saturated carbocycles. The minimum atomic E-state index is -4.42. The Morgan fingerprint density at radius 1 is 1.17 bits per heavy atom. The summed E-state index contributed by atoms with van der Waals surface area (Å²) in [6.07, 6.45) is 0. The SMILES string of the molecule is FC(F)(F)[S-].[Au+]. The Kier molecular flexibility index (Phi) is 4.93. The third-order valence-electron chi connectivity index (χ3n) is 0. The molecule has 42 valence electrons. The first-order chi connectivity index (χ1) is 2.00. The molecule has 6 heavy (non-hydrogen) atoms. The van der Waals surface area contributed by atoms with Crippen LogP contribution in [0.15, 0.2) is 0 Å². The Balaban J connectivity index is 0. The van der Waals surface area contributed by atoms with E-state index in [1.54, 1.807) is 0 Å². The molecule has 0 atom stereocenters. The molecule has 0 radical (unpaired) electrons. The molecule has 0 bridgehead atoms. The molecule has 0 rings (SSSR count). The van der Waals surface area contributed by atoms with Gasteiger partial charge in [-0.25, -0.2) is 0 Å². The molecular weight excluding hydrogens is 298 g/mol. The van der Waals surface area contributed by atoms with Crippen LogP contribution in [0.4, 0.5) is 13.2 Å². The van der Waals surface area contributed by atoms with Gasteiger partial charge in [0.1, 0.15) is 0 Å². The van der Waals surface area contributed by atoms with Gasteiger partial charge in [0.25, 0.3) is 5.51 Å². The number of hydrogen-bond acceptors (Lipinski definition) is 1. The zero-order valence-corrected chi connectivity index (χ0v) is 5.33. The molecule has 0 N–H and O–H groups in total. The summed E-state index contributed by atoms with van der Waals surface area (Å²) >= 11 is 2.83. The maximum Gasteiger partial charge on any atom is 1.00 e. The molecule has 0 amide bonds. The summed E-state index contributed by atoms with van der Waals surface area (Å²) in [6, 6.07) is 0. The smallest absolute Gasteiger partial charge is 0.680 e. The van der Waals surface area contributed by atoms with Crippen LogP contribution in [-0.4, -0.2) is 5.51 Å². The topological polar surface area (TPSA) is 0 Å². The van der Waals surface area contributed by atoms with E-state index in [0.717, 1.165) is 0 Å². The maximum atomic E-state index is 10.2. The molecule has 0 aromatic heterocycles. The fourth-order valence-corrected chi connectivity index (χ4v) is 0. The quantitative estimate of drug-likeness (QED) is 0.476. The minimum absolute atomic E-state index is 0. The van der Waals surface area contributed by atoms with Crippen LogP contribution >= 0.6 is 0 Å². The first-order valence-corrected chi connectivity index (χ1v) is 1.18. The number of rotatable bonds is 0. The molecule has 0 saturated heterocycles. The molecule has 0 fully saturated rings. The van der Waals surface area contributed by atoms with E-state index >= 15 is 0 Å². The van der Waals surface area contributed by atoms with Gasteiger partial charge >= 0.3 is 22.4 Å². The number of halogens is 3. The third kappa shape index (κ3) is 94.8. The molecule has 0 nitrogen and oxygen atoms in total. The summed E-state index contributed by atoms with van der Waals surface area (Å²) in [5, 5.41) is 0. The second kappa shape index (κ2) is 2.96. The Morgan fingerprint density at radius 2 is 1.17 bits per heavy atom. The molecule has 0 aliphatic heterocycles. The van der Waals surface area contributed by atoms with Crippen LogP contribution in [0.2, 0.25) is 0 Å². The van der Waals surface area contributed by atoms with E-state index in [9.17, 15) is 13.2 Å². The van der Waals surface area contributed by atoms with Crippen molar-refractivity contribution in [3.05, 3.63) is 0 Å². The van der Waals surface area contributed by atoms with Crippen molar-refractivity contribution in [2.75, 3.05) is 0 Å². The average Bonchev–Trinajstić information content (AvgIpc) is 0.722. The zero-order chi connectivity index (χ0) is 4.50. The third-order valence-corrected chi connectivity index (χ3v) is 0. The van der Waals surface area contributed by atoms with E-state index < -0.39 is 5.51 Å². The van der Waals surface area contributed by atoms with Gasteiger partial charge in [0.15, 0.2) is 0 Å². The second-order valence-corrected chi connectivity index (χ2v) is 0.909. The molecule has 0 aliphatic rings. The zero-order valence-electron chi connectivity index (χ0n) is 2.34. The monoisotopic (exact) mass is 298 g/mol. The fourth-order valence-electron chi connectivity index (χ4n) is 0. The van der Waals surface area contributed by atoms with Gasteiger partial charge in [-0.1, -0.05) is 0 Å². The van der Waals surface area contributed by atoms with Crippen LogP contribution in [-0.2, 0) is 35.0 Å². The van der Waals surface area contributed by atoms with Gasteiger partial charge in [-0.15, -0.1) is 0 Å². The normalized spacial score (nSPS) is 10.0. The van der Waals surface area contributed by atoms with Gasteiger partial charge in [0, 0.05) is 0 Å². The van der Waals surface area contributed by atoms with E-state index in [0.29, 0.717) is 0 Å². The van der Waals surface area contributed by atoms with E-state index in [2.05, 4.69) is 12.6 Å². The summed E-state index contributed by atoms with van der Waals surface area (Å²) in [5.74, 6) is 0. The Morgan fingerprint density at radius 3 is 1.17 bits per heavy atom. The van der Waals surface area contributed by atoms with E-state index in [4.69, 9.17) is 0 Å². The molecule has 5 heteroatoms. The molecule has 0 aromatic carbocycles. The van der Waals surface area contributed by atoms with Crippen LogP contribution in [0.5, 0.6) is 0 Å². The standard InChI is InChI=1S/CHF3S.Au/c2-1(3,4)5;/h5H;/q;+1/p-1. The summed E-state index contributed by atoms with van der Waals surface area (Å²) < 4.78 is 30.5. The fraction of sp³-hybridized carbons (Fsp3) is 1.00. The van der Waals surface area contributed by atoms with Crippen LogP contribution in [0, 0.1) is 0 Å². The first kappa shape index (κ1) is 9.99. The summed E-state index contributed by atoms with van der Waals surface area (Å²) in [5.41, 5.74) is -4.42. The second-order valence-electron chi connectivity index (χ2n) is 0.446. The average molecular weight is 298 g/mol. The molecule has 0 unspecified atom stereocenters. The van der Waals surface area contributed by atoms with Gasteiger partial charge < -0.3 is 12.6 Å². The minimum Gasteiger partial charge on any atom is -0.680 e. The van der Waals surface area contributed by atoms with Crippen molar-refractivity contribution in [1.82, 2.24) is 0 Å². The molecule has 0 aromatic rings. The van der Waals surface area contributed by atoms with Gasteiger partial charge in [-0.05, 0) is 0 Å². The van der Waals surface area contributed by atoms with E-state index in [1.807, 2.05) is 0 Å². The maximum absolute atomic E-state index is 10.2. The molecule has 0 heterocycles. The Labute approximate surface area is 54.0 Å². The molecular formula is CAuF3S. The largest absolute Gasteiger partial charge is 1.00 e. The van der Waals surface area contributed by atoms with Crippen molar-refractivity contribution in [3.8, 4) is 0 Å². The predicted octanol–water partition coefficient (Wildman–Crippen LogP) is 1.05. The van der Waals surface area contributed by atoms with Crippen LogP contribution in [0.25, 0.3) is 0 Å². The van der Waals surface area contributed by atoms with Gasteiger partial charge in [0.05, 0.1) is 0 Å². The van der Waals surface area contributed by atoms with Crippen molar-refractivity contribution in [2.24, 2.45) is 0 Å². The van der Waals surface area contributed by atoms with Crippen molar-refractivity contribution in [2.45, 2.75) is 5.51 Å². The first-order valence-electron chi connectivity index (χ1n) is 0.771. The van der Waals surface area contributed by atoms with Crippen LogP contribution in [0.3, 0.4) is 0 Å². The van der Waals surface area contributed by atoms with Crippen molar-refractivity contribution >= 4 is 12.6 Å². The summed E-state index contributed by atoms with van der Waals surface area (Å²) in [4.78, 5) is 0. The number of alkyl halides is 3. The van der Waals surface area contributed by atoms with Gasteiger partial charge in [0.2, 0.25) is 0 Å². The summed E-state index contributed by atoms with van der Waals surface area (Å²) in [6.45, 7) is 0. The van der Waals surface area contributed by atoms with Gasteiger partial charge in [-0.2, -0.15) is 13.2 Å². The van der Waals surface area contributed by atoms with Crippen molar-refractivity contribution in [3.63, 3.8) is 0 Å². The molecule has 0 spiro atoms. The Bertz CT molecular complexity index is 26.3. The Hall–Kier alpha value is 0.880. The van der Waals surface area contributed by atoms with E-state index in [1.165, 1.54) is 0 Å². The van der Waals surface area contributed by atoms with Crippen molar-refractivity contribution in [1.29, 1.82) is 0 Å². The van der Waals surface area contributed by atoms with Gasteiger partial charge in [-0.3, -0.25) is 0 Å². The van der Waals surface area contributed by atoms with Crippen LogP contribution in [0.1, 0.15) is 0 Å². The van der Waals surface area contributed by atoms with Crippen LogP contribution < -0.4 is 0 Å². The summed E-state index contributed by atoms with van der Waals surface area (Å²) in [7, 11) is 0. The van der Waals surface area contributed by atoms with E-state index in [-0.39, 0.29) is 22.4 Å².